The standard InChI is InChI=1S/C31H59N/c1-9-15-17-23-30(7,14-6)29-21-24-32-28(20-13-5)27(19-12-4)26(18-11-3)25-31(29,8)22-16-10-2/h14,17,23,26-29,32H,6,9-13,15-16,18-22,24-25H2,1-5,7-8H3/t26?,27?,28?,29?,30?,31-/m0/s1. The van der Waals surface area contributed by atoms with Crippen molar-refractivity contribution in [2.24, 2.45) is 28.6 Å². The van der Waals surface area contributed by atoms with Crippen molar-refractivity contribution < 1.29 is 0 Å². The van der Waals surface area contributed by atoms with Crippen LogP contribution in [0.1, 0.15) is 132 Å². The zero-order valence-corrected chi connectivity index (χ0v) is 23.1. The second kappa shape index (κ2) is 15.4. The van der Waals surface area contributed by atoms with E-state index in [4.69, 9.17) is 0 Å². The van der Waals surface area contributed by atoms with Crippen molar-refractivity contribution in [3.8, 4) is 0 Å². The van der Waals surface area contributed by atoms with Crippen LogP contribution in [0, 0.1) is 28.6 Å². The number of hydrogen-bond donors (Lipinski definition) is 1. The van der Waals surface area contributed by atoms with Crippen LogP contribution in [0.3, 0.4) is 0 Å². The summed E-state index contributed by atoms with van der Waals surface area (Å²) in [5.41, 5.74) is 0.436. The summed E-state index contributed by atoms with van der Waals surface area (Å²) in [4.78, 5) is 0. The maximum Gasteiger partial charge on any atom is 0.00978 e. The fourth-order valence-electron chi connectivity index (χ4n) is 6.97. The lowest BCUT2D eigenvalue weighted by molar-refractivity contribution is 0.0468. The molecule has 1 fully saturated rings. The summed E-state index contributed by atoms with van der Waals surface area (Å²) in [6.45, 7) is 22.5. The van der Waals surface area contributed by atoms with E-state index in [9.17, 15) is 0 Å². The van der Waals surface area contributed by atoms with Crippen LogP contribution in [-0.2, 0) is 0 Å². The number of nitrogens with one attached hydrogen (secondary N) is 1. The topological polar surface area (TPSA) is 12.0 Å². The molecule has 5 unspecified atom stereocenters. The SMILES string of the molecule is C=CC(C)(C=CCCC)C1CCNC(CCC)C(CCC)C(CCC)C[C@]1(C)CCCC. The highest BCUT2D eigenvalue weighted by molar-refractivity contribution is 5.13. The van der Waals surface area contributed by atoms with Gasteiger partial charge >= 0.3 is 0 Å². The Kier molecular flexibility index (Phi) is 14.1. The second-order valence-electron chi connectivity index (χ2n) is 11.4. The van der Waals surface area contributed by atoms with Crippen molar-refractivity contribution in [3.05, 3.63) is 24.8 Å². The molecular weight excluding hydrogens is 386 g/mol. The Morgan fingerprint density at radius 2 is 1.66 bits per heavy atom. The summed E-state index contributed by atoms with van der Waals surface area (Å²) in [6.07, 6.45) is 24.3. The fourth-order valence-corrected chi connectivity index (χ4v) is 6.97. The second-order valence-corrected chi connectivity index (χ2v) is 11.4. The summed E-state index contributed by atoms with van der Waals surface area (Å²) < 4.78 is 0. The molecule has 1 aliphatic rings. The third kappa shape index (κ3) is 8.34. The molecule has 0 saturated carbocycles. The summed E-state index contributed by atoms with van der Waals surface area (Å²) in [5, 5.41) is 4.11. The number of allylic oxidation sites excluding steroid dienone is 3. The van der Waals surface area contributed by atoms with Gasteiger partial charge in [-0.2, -0.15) is 0 Å². The van der Waals surface area contributed by atoms with Crippen LogP contribution in [-0.4, -0.2) is 12.6 Å². The van der Waals surface area contributed by atoms with Crippen molar-refractivity contribution in [2.45, 2.75) is 138 Å². The van der Waals surface area contributed by atoms with Crippen molar-refractivity contribution in [2.75, 3.05) is 6.54 Å². The van der Waals surface area contributed by atoms with E-state index in [1.165, 1.54) is 83.5 Å². The van der Waals surface area contributed by atoms with E-state index in [1.54, 1.807) is 0 Å². The van der Waals surface area contributed by atoms with Crippen LogP contribution in [0.4, 0.5) is 0 Å². The molecule has 188 valence electrons. The van der Waals surface area contributed by atoms with Crippen LogP contribution >= 0.6 is 0 Å². The molecule has 1 saturated heterocycles. The van der Waals surface area contributed by atoms with Crippen LogP contribution in [0.5, 0.6) is 0 Å². The fraction of sp³-hybridized carbons (Fsp3) is 0.871. The molecule has 0 aromatic carbocycles. The van der Waals surface area contributed by atoms with Gasteiger partial charge in [-0.05, 0) is 68.2 Å². The molecule has 0 radical (unpaired) electrons. The molecule has 1 aliphatic heterocycles. The lowest BCUT2D eigenvalue weighted by Crippen LogP contribution is -2.40. The Bertz CT molecular complexity index is 523. The molecule has 6 atom stereocenters. The van der Waals surface area contributed by atoms with Crippen molar-refractivity contribution in [1.82, 2.24) is 5.32 Å². The van der Waals surface area contributed by atoms with E-state index >= 15 is 0 Å². The van der Waals surface area contributed by atoms with Gasteiger partial charge in [0.1, 0.15) is 0 Å². The summed E-state index contributed by atoms with van der Waals surface area (Å²) in [5.74, 6) is 2.30. The van der Waals surface area contributed by atoms with Crippen LogP contribution in [0.15, 0.2) is 24.8 Å². The Balaban J connectivity index is 3.48. The van der Waals surface area contributed by atoms with Gasteiger partial charge in [0.25, 0.3) is 0 Å². The third-order valence-corrected chi connectivity index (χ3v) is 8.64. The minimum atomic E-state index is 0.0704. The van der Waals surface area contributed by atoms with Gasteiger partial charge in [0.15, 0.2) is 0 Å². The highest BCUT2D eigenvalue weighted by Gasteiger charge is 2.45. The van der Waals surface area contributed by atoms with E-state index in [0.29, 0.717) is 17.4 Å². The first-order chi connectivity index (χ1) is 15.4. The average molecular weight is 446 g/mol. The Morgan fingerprint density at radius 1 is 0.969 bits per heavy atom. The maximum absolute atomic E-state index is 4.38. The minimum absolute atomic E-state index is 0.0704. The zero-order chi connectivity index (χ0) is 24.0. The summed E-state index contributed by atoms with van der Waals surface area (Å²) in [6, 6.07) is 0.691. The van der Waals surface area contributed by atoms with Crippen LogP contribution in [0.25, 0.3) is 0 Å². The van der Waals surface area contributed by atoms with E-state index in [0.717, 1.165) is 18.4 Å². The molecule has 1 rings (SSSR count). The van der Waals surface area contributed by atoms with Gasteiger partial charge < -0.3 is 5.32 Å². The molecule has 0 aromatic heterocycles. The smallest absolute Gasteiger partial charge is 0.00978 e. The van der Waals surface area contributed by atoms with Crippen LogP contribution in [0.2, 0.25) is 0 Å². The first-order valence-corrected chi connectivity index (χ1v) is 14.4. The van der Waals surface area contributed by atoms with Gasteiger partial charge in [-0.15, -0.1) is 6.58 Å². The van der Waals surface area contributed by atoms with E-state index < -0.39 is 0 Å². The highest BCUT2D eigenvalue weighted by Crippen LogP contribution is 2.53. The minimum Gasteiger partial charge on any atom is -0.314 e. The summed E-state index contributed by atoms with van der Waals surface area (Å²) in [7, 11) is 0. The van der Waals surface area contributed by atoms with Gasteiger partial charge in [-0.3, -0.25) is 0 Å². The molecular formula is C31H59N. The van der Waals surface area contributed by atoms with E-state index in [-0.39, 0.29) is 5.41 Å². The van der Waals surface area contributed by atoms with E-state index in [2.05, 4.69) is 78.6 Å². The molecule has 0 amide bonds. The van der Waals surface area contributed by atoms with Crippen molar-refractivity contribution in [1.29, 1.82) is 0 Å². The maximum atomic E-state index is 4.38. The largest absolute Gasteiger partial charge is 0.314 e. The van der Waals surface area contributed by atoms with Gasteiger partial charge in [0.05, 0.1) is 0 Å². The first kappa shape index (κ1) is 29.5. The molecule has 0 bridgehead atoms. The highest BCUT2D eigenvalue weighted by atomic mass is 14.9. The van der Waals surface area contributed by atoms with Gasteiger partial charge in [-0.1, -0.05) is 112 Å². The normalized spacial score (nSPS) is 31.6. The Morgan fingerprint density at radius 3 is 2.22 bits per heavy atom. The number of rotatable bonds is 14. The predicted octanol–water partition coefficient (Wildman–Crippen LogP) is 9.73. The lowest BCUT2D eigenvalue weighted by atomic mass is 9.56. The molecule has 1 N–H and O–H groups in total. The molecule has 1 heterocycles. The Hall–Kier alpha value is -0.560. The third-order valence-electron chi connectivity index (χ3n) is 8.64. The molecule has 1 heteroatoms. The summed E-state index contributed by atoms with van der Waals surface area (Å²) >= 11 is 0. The van der Waals surface area contributed by atoms with Gasteiger partial charge in [0.2, 0.25) is 0 Å². The van der Waals surface area contributed by atoms with Gasteiger partial charge in [0, 0.05) is 11.5 Å². The lowest BCUT2D eigenvalue weighted by Gasteiger charge is -2.48. The predicted molar refractivity (Wildman–Crippen MR) is 146 cm³/mol. The molecule has 0 aromatic rings. The average Bonchev–Trinajstić information content (AvgIpc) is 2.82. The monoisotopic (exact) mass is 445 g/mol. The van der Waals surface area contributed by atoms with E-state index in [1.807, 2.05) is 0 Å². The molecule has 32 heavy (non-hydrogen) atoms. The van der Waals surface area contributed by atoms with Crippen LogP contribution < -0.4 is 5.32 Å². The Labute approximate surface area is 203 Å². The first-order valence-electron chi connectivity index (χ1n) is 14.4. The number of unbranched alkanes of at least 4 members (excludes halogenated alkanes) is 2. The molecule has 1 nitrogen and oxygen atoms in total. The zero-order valence-electron chi connectivity index (χ0n) is 23.1. The van der Waals surface area contributed by atoms with Gasteiger partial charge in [-0.25, -0.2) is 0 Å². The van der Waals surface area contributed by atoms with Crippen molar-refractivity contribution >= 4 is 0 Å². The number of hydrogen-bond acceptors (Lipinski definition) is 1. The van der Waals surface area contributed by atoms with Crippen molar-refractivity contribution in [3.63, 3.8) is 0 Å². The molecule has 0 aliphatic carbocycles. The quantitative estimate of drug-likeness (QED) is 0.262. The molecule has 0 spiro atoms.